The standard InChI is InChI=1S/C12H24Cl2/c1-5-7-11(3,13)9-10-12(4,14)8-6-2/h5-10H2,1-4H3. The van der Waals surface area contributed by atoms with Crippen LogP contribution >= 0.6 is 23.2 Å². The average molecular weight is 239 g/mol. The zero-order valence-electron chi connectivity index (χ0n) is 10.00. The van der Waals surface area contributed by atoms with Gasteiger partial charge in [0.05, 0.1) is 0 Å². The van der Waals surface area contributed by atoms with Crippen molar-refractivity contribution < 1.29 is 0 Å². The van der Waals surface area contributed by atoms with E-state index in [0.717, 1.165) is 38.5 Å². The van der Waals surface area contributed by atoms with Crippen LogP contribution in [-0.2, 0) is 0 Å². The van der Waals surface area contributed by atoms with Crippen molar-refractivity contribution >= 4 is 23.2 Å². The molecule has 0 aliphatic heterocycles. The molecule has 0 rings (SSSR count). The van der Waals surface area contributed by atoms with Gasteiger partial charge in [-0.3, -0.25) is 0 Å². The van der Waals surface area contributed by atoms with Gasteiger partial charge in [0, 0.05) is 9.75 Å². The van der Waals surface area contributed by atoms with Gasteiger partial charge in [-0.05, 0) is 39.5 Å². The summed E-state index contributed by atoms with van der Waals surface area (Å²) < 4.78 is 0. The summed E-state index contributed by atoms with van der Waals surface area (Å²) in [5.41, 5.74) is 0. The van der Waals surface area contributed by atoms with Crippen molar-refractivity contribution in [2.24, 2.45) is 0 Å². The van der Waals surface area contributed by atoms with E-state index >= 15 is 0 Å². The van der Waals surface area contributed by atoms with Gasteiger partial charge in [-0.15, -0.1) is 23.2 Å². The Kier molecular flexibility index (Phi) is 6.48. The molecule has 0 amide bonds. The van der Waals surface area contributed by atoms with Crippen LogP contribution in [-0.4, -0.2) is 9.75 Å². The van der Waals surface area contributed by atoms with E-state index < -0.39 is 0 Å². The summed E-state index contributed by atoms with van der Waals surface area (Å²) in [5.74, 6) is 0. The summed E-state index contributed by atoms with van der Waals surface area (Å²) in [7, 11) is 0. The Balaban J connectivity index is 3.90. The quantitative estimate of drug-likeness (QED) is 0.524. The number of hydrogen-bond donors (Lipinski definition) is 0. The fraction of sp³-hybridized carbons (Fsp3) is 1.00. The van der Waals surface area contributed by atoms with Crippen molar-refractivity contribution in [1.82, 2.24) is 0 Å². The number of halogens is 2. The minimum atomic E-state index is -0.0569. The van der Waals surface area contributed by atoms with Crippen molar-refractivity contribution in [1.29, 1.82) is 0 Å². The third-order valence-electron chi connectivity index (χ3n) is 2.71. The Bertz CT molecular complexity index is 132. The fourth-order valence-electron chi connectivity index (χ4n) is 1.81. The number of alkyl halides is 2. The second-order valence-electron chi connectivity index (χ2n) is 4.83. The Hall–Kier alpha value is 0.580. The molecule has 0 saturated carbocycles. The fourth-order valence-corrected chi connectivity index (χ4v) is 2.38. The SMILES string of the molecule is CCCC(C)(Cl)CCC(C)(Cl)CCC. The van der Waals surface area contributed by atoms with Crippen molar-refractivity contribution in [3.05, 3.63) is 0 Å². The number of rotatable bonds is 7. The van der Waals surface area contributed by atoms with Crippen LogP contribution in [0.4, 0.5) is 0 Å². The molecule has 0 aromatic heterocycles. The van der Waals surface area contributed by atoms with Gasteiger partial charge in [0.25, 0.3) is 0 Å². The van der Waals surface area contributed by atoms with Crippen molar-refractivity contribution in [3.8, 4) is 0 Å². The molecule has 0 N–H and O–H groups in total. The molecule has 0 fully saturated rings. The van der Waals surface area contributed by atoms with Crippen molar-refractivity contribution in [2.45, 2.75) is 76.0 Å². The van der Waals surface area contributed by atoms with Crippen LogP contribution in [0.2, 0.25) is 0 Å². The molecule has 0 aromatic rings. The zero-order valence-corrected chi connectivity index (χ0v) is 11.5. The zero-order chi connectivity index (χ0) is 11.2. The minimum Gasteiger partial charge on any atom is -0.120 e. The topological polar surface area (TPSA) is 0 Å². The van der Waals surface area contributed by atoms with Gasteiger partial charge in [0.1, 0.15) is 0 Å². The van der Waals surface area contributed by atoms with E-state index in [1.165, 1.54) is 0 Å². The van der Waals surface area contributed by atoms with Crippen LogP contribution in [0.5, 0.6) is 0 Å². The maximum Gasteiger partial charge on any atom is 0.0419 e. The molecule has 2 heteroatoms. The van der Waals surface area contributed by atoms with E-state index in [9.17, 15) is 0 Å². The highest BCUT2D eigenvalue weighted by Crippen LogP contribution is 2.34. The van der Waals surface area contributed by atoms with Gasteiger partial charge >= 0.3 is 0 Å². The molecule has 0 spiro atoms. The van der Waals surface area contributed by atoms with Crippen LogP contribution in [0.3, 0.4) is 0 Å². The Morgan fingerprint density at radius 3 is 1.21 bits per heavy atom. The van der Waals surface area contributed by atoms with Crippen LogP contribution in [0.1, 0.15) is 66.2 Å². The smallest absolute Gasteiger partial charge is 0.0419 e. The van der Waals surface area contributed by atoms with E-state index in [2.05, 4.69) is 27.7 Å². The molecule has 0 radical (unpaired) electrons. The molecule has 14 heavy (non-hydrogen) atoms. The molecule has 0 saturated heterocycles. The van der Waals surface area contributed by atoms with Crippen LogP contribution < -0.4 is 0 Å². The van der Waals surface area contributed by atoms with Gasteiger partial charge in [0.2, 0.25) is 0 Å². The van der Waals surface area contributed by atoms with E-state index in [1.807, 2.05) is 0 Å². The third kappa shape index (κ3) is 6.95. The summed E-state index contributed by atoms with van der Waals surface area (Å²) in [5, 5.41) is 0. The van der Waals surface area contributed by atoms with E-state index in [4.69, 9.17) is 23.2 Å². The lowest BCUT2D eigenvalue weighted by molar-refractivity contribution is 0.435. The molecule has 0 bridgehead atoms. The molecular weight excluding hydrogens is 215 g/mol. The first kappa shape index (κ1) is 14.6. The minimum absolute atomic E-state index is 0.0569. The molecule has 2 unspecified atom stereocenters. The van der Waals surface area contributed by atoms with Gasteiger partial charge in [-0.2, -0.15) is 0 Å². The largest absolute Gasteiger partial charge is 0.120 e. The molecule has 0 nitrogen and oxygen atoms in total. The highest BCUT2D eigenvalue weighted by Gasteiger charge is 2.26. The molecule has 86 valence electrons. The monoisotopic (exact) mass is 238 g/mol. The van der Waals surface area contributed by atoms with E-state index in [0.29, 0.717) is 0 Å². The normalized spacial score (nSPS) is 20.1. The highest BCUT2D eigenvalue weighted by atomic mass is 35.5. The van der Waals surface area contributed by atoms with Crippen LogP contribution in [0.25, 0.3) is 0 Å². The first-order valence-electron chi connectivity index (χ1n) is 5.71. The summed E-state index contributed by atoms with van der Waals surface area (Å²) in [4.78, 5) is -0.114. The van der Waals surface area contributed by atoms with E-state index in [1.54, 1.807) is 0 Å². The second-order valence-corrected chi connectivity index (χ2v) is 6.65. The van der Waals surface area contributed by atoms with Gasteiger partial charge < -0.3 is 0 Å². The predicted octanol–water partition coefficient (Wildman–Crippen LogP) is 5.36. The second kappa shape index (κ2) is 6.23. The summed E-state index contributed by atoms with van der Waals surface area (Å²) in [6.45, 7) is 8.59. The molecule has 0 aromatic carbocycles. The summed E-state index contributed by atoms with van der Waals surface area (Å²) in [6.07, 6.45) is 6.48. The van der Waals surface area contributed by atoms with Gasteiger partial charge in [-0.25, -0.2) is 0 Å². The van der Waals surface area contributed by atoms with Crippen molar-refractivity contribution in [3.63, 3.8) is 0 Å². The first-order valence-corrected chi connectivity index (χ1v) is 6.46. The lowest BCUT2D eigenvalue weighted by Crippen LogP contribution is -2.23. The Morgan fingerprint density at radius 2 is 1.00 bits per heavy atom. The molecular formula is C12H24Cl2. The molecule has 0 heterocycles. The lowest BCUT2D eigenvalue weighted by atomic mass is 9.91. The van der Waals surface area contributed by atoms with Gasteiger partial charge in [-0.1, -0.05) is 26.7 Å². The molecule has 2 atom stereocenters. The molecule has 0 aliphatic carbocycles. The maximum absolute atomic E-state index is 6.38. The van der Waals surface area contributed by atoms with E-state index in [-0.39, 0.29) is 9.75 Å². The first-order chi connectivity index (χ1) is 6.33. The number of hydrogen-bond acceptors (Lipinski definition) is 0. The van der Waals surface area contributed by atoms with Gasteiger partial charge in [0.15, 0.2) is 0 Å². The molecule has 0 aliphatic rings. The average Bonchev–Trinajstić information content (AvgIpc) is 2.01. The summed E-state index contributed by atoms with van der Waals surface area (Å²) >= 11 is 12.8. The predicted molar refractivity (Wildman–Crippen MR) is 67.6 cm³/mol. The van der Waals surface area contributed by atoms with Crippen LogP contribution in [0.15, 0.2) is 0 Å². The van der Waals surface area contributed by atoms with Crippen molar-refractivity contribution in [2.75, 3.05) is 0 Å². The summed E-state index contributed by atoms with van der Waals surface area (Å²) in [6, 6.07) is 0. The maximum atomic E-state index is 6.38. The Morgan fingerprint density at radius 1 is 0.714 bits per heavy atom. The Labute approximate surface area is 99.4 Å². The van der Waals surface area contributed by atoms with Crippen LogP contribution in [0, 0.1) is 0 Å². The third-order valence-corrected chi connectivity index (χ3v) is 3.47. The lowest BCUT2D eigenvalue weighted by Gasteiger charge is -2.27. The highest BCUT2D eigenvalue weighted by molar-refractivity contribution is 6.24.